The van der Waals surface area contributed by atoms with E-state index in [1.165, 1.54) is 25.7 Å². The van der Waals surface area contributed by atoms with Crippen LogP contribution in [0.3, 0.4) is 0 Å². The Morgan fingerprint density at radius 2 is 1.80 bits per heavy atom. The van der Waals surface area contributed by atoms with Gasteiger partial charge >= 0.3 is 0 Å². The van der Waals surface area contributed by atoms with Crippen molar-refractivity contribution in [1.29, 1.82) is 0 Å². The third-order valence-electron chi connectivity index (χ3n) is 2.41. The Morgan fingerprint density at radius 1 is 0.900 bits per heavy atom. The summed E-state index contributed by atoms with van der Waals surface area (Å²) in [5.41, 5.74) is 0. The standard InChI is InChI=1S/C8H14O2/c1-2-5-9-8-7(3-1)4-6-10-8/h7-8H,1-6H2. The largest absolute Gasteiger partial charge is 0.352 e. The number of rotatable bonds is 0. The third-order valence-corrected chi connectivity index (χ3v) is 2.41. The Hall–Kier alpha value is -0.0800. The van der Waals surface area contributed by atoms with Crippen LogP contribution in [0.15, 0.2) is 0 Å². The van der Waals surface area contributed by atoms with Crippen LogP contribution in [0, 0.1) is 5.92 Å². The fourth-order valence-corrected chi connectivity index (χ4v) is 1.78. The average molecular weight is 142 g/mol. The van der Waals surface area contributed by atoms with Crippen molar-refractivity contribution in [3.63, 3.8) is 0 Å². The maximum Gasteiger partial charge on any atom is 0.160 e. The molecule has 2 heterocycles. The van der Waals surface area contributed by atoms with Crippen molar-refractivity contribution in [2.75, 3.05) is 13.2 Å². The lowest BCUT2D eigenvalue weighted by atomic mass is 10.0. The van der Waals surface area contributed by atoms with E-state index >= 15 is 0 Å². The third kappa shape index (κ3) is 1.18. The minimum atomic E-state index is 0.155. The number of hydrogen-bond acceptors (Lipinski definition) is 2. The molecular weight excluding hydrogens is 128 g/mol. The monoisotopic (exact) mass is 142 g/mol. The minimum Gasteiger partial charge on any atom is -0.352 e. The number of fused-ring (bicyclic) bond motifs is 1. The molecule has 2 fully saturated rings. The van der Waals surface area contributed by atoms with Crippen molar-refractivity contribution >= 4 is 0 Å². The van der Waals surface area contributed by atoms with E-state index in [9.17, 15) is 0 Å². The molecule has 0 aliphatic carbocycles. The van der Waals surface area contributed by atoms with E-state index in [2.05, 4.69) is 0 Å². The van der Waals surface area contributed by atoms with E-state index in [0.29, 0.717) is 5.92 Å². The normalized spacial score (nSPS) is 40.8. The van der Waals surface area contributed by atoms with Gasteiger partial charge in [-0.15, -0.1) is 0 Å². The summed E-state index contributed by atoms with van der Waals surface area (Å²) in [6, 6.07) is 0. The average Bonchev–Trinajstić information content (AvgIpc) is 2.28. The van der Waals surface area contributed by atoms with E-state index in [-0.39, 0.29) is 6.29 Å². The fourth-order valence-electron chi connectivity index (χ4n) is 1.78. The summed E-state index contributed by atoms with van der Waals surface area (Å²) in [7, 11) is 0. The molecule has 2 saturated heterocycles. The fraction of sp³-hybridized carbons (Fsp3) is 1.00. The van der Waals surface area contributed by atoms with Crippen LogP contribution in [-0.2, 0) is 9.47 Å². The smallest absolute Gasteiger partial charge is 0.160 e. The van der Waals surface area contributed by atoms with E-state index in [1.807, 2.05) is 0 Å². The van der Waals surface area contributed by atoms with Gasteiger partial charge in [0.2, 0.25) is 0 Å². The first-order chi connectivity index (χ1) is 4.97. The SMILES string of the molecule is C1CCC2CCOC2OC1. The minimum absolute atomic E-state index is 0.155. The van der Waals surface area contributed by atoms with E-state index in [0.717, 1.165) is 13.2 Å². The van der Waals surface area contributed by atoms with Gasteiger partial charge in [-0.25, -0.2) is 0 Å². The molecule has 2 rings (SSSR count). The van der Waals surface area contributed by atoms with E-state index in [1.54, 1.807) is 0 Å². The zero-order valence-electron chi connectivity index (χ0n) is 6.21. The maximum absolute atomic E-state index is 5.50. The van der Waals surface area contributed by atoms with Gasteiger partial charge in [-0.3, -0.25) is 0 Å². The summed E-state index contributed by atoms with van der Waals surface area (Å²) >= 11 is 0. The zero-order chi connectivity index (χ0) is 6.81. The highest BCUT2D eigenvalue weighted by molar-refractivity contribution is 4.71. The van der Waals surface area contributed by atoms with Crippen molar-refractivity contribution in [3.05, 3.63) is 0 Å². The lowest BCUT2D eigenvalue weighted by Crippen LogP contribution is -2.17. The molecule has 2 aliphatic rings. The van der Waals surface area contributed by atoms with Crippen LogP contribution in [0.2, 0.25) is 0 Å². The van der Waals surface area contributed by atoms with Crippen molar-refractivity contribution in [2.24, 2.45) is 5.92 Å². The van der Waals surface area contributed by atoms with Crippen molar-refractivity contribution in [1.82, 2.24) is 0 Å². The molecule has 58 valence electrons. The molecule has 2 atom stereocenters. The quantitative estimate of drug-likeness (QED) is 0.511. The highest BCUT2D eigenvalue weighted by atomic mass is 16.7. The van der Waals surface area contributed by atoms with Gasteiger partial charge in [-0.05, 0) is 19.3 Å². The highest BCUT2D eigenvalue weighted by Gasteiger charge is 2.29. The first kappa shape index (κ1) is 6.62. The molecule has 2 heteroatoms. The van der Waals surface area contributed by atoms with Gasteiger partial charge in [-0.2, -0.15) is 0 Å². The molecule has 0 aromatic rings. The molecule has 0 aromatic heterocycles. The topological polar surface area (TPSA) is 18.5 Å². The van der Waals surface area contributed by atoms with Gasteiger partial charge in [0.05, 0.1) is 6.61 Å². The second-order valence-corrected chi connectivity index (χ2v) is 3.15. The Labute approximate surface area is 61.5 Å². The summed E-state index contributed by atoms with van der Waals surface area (Å²) in [6.45, 7) is 1.82. The van der Waals surface area contributed by atoms with E-state index in [4.69, 9.17) is 9.47 Å². The van der Waals surface area contributed by atoms with E-state index < -0.39 is 0 Å². The van der Waals surface area contributed by atoms with Gasteiger partial charge in [-0.1, -0.05) is 6.42 Å². The van der Waals surface area contributed by atoms with Crippen LogP contribution in [0.1, 0.15) is 25.7 Å². The van der Waals surface area contributed by atoms with Crippen LogP contribution in [0.5, 0.6) is 0 Å². The number of hydrogen-bond donors (Lipinski definition) is 0. The lowest BCUT2D eigenvalue weighted by molar-refractivity contribution is -0.124. The molecule has 0 aromatic carbocycles. The summed E-state index contributed by atoms with van der Waals surface area (Å²) < 4.78 is 10.9. The molecule has 2 aliphatic heterocycles. The van der Waals surface area contributed by atoms with Gasteiger partial charge < -0.3 is 9.47 Å². The van der Waals surface area contributed by atoms with Crippen LogP contribution in [0.25, 0.3) is 0 Å². The lowest BCUT2D eigenvalue weighted by Gasteiger charge is -2.13. The molecule has 2 nitrogen and oxygen atoms in total. The van der Waals surface area contributed by atoms with Gasteiger partial charge in [0.15, 0.2) is 6.29 Å². The number of ether oxygens (including phenoxy) is 2. The summed E-state index contributed by atoms with van der Waals surface area (Å²) in [6.07, 6.45) is 5.22. The molecule has 10 heavy (non-hydrogen) atoms. The van der Waals surface area contributed by atoms with Crippen LogP contribution in [-0.4, -0.2) is 19.5 Å². The Balaban J connectivity index is 1.95. The first-order valence-electron chi connectivity index (χ1n) is 4.20. The second kappa shape index (κ2) is 2.89. The van der Waals surface area contributed by atoms with Crippen molar-refractivity contribution in [2.45, 2.75) is 32.0 Å². The predicted octanol–water partition coefficient (Wildman–Crippen LogP) is 1.55. The summed E-state index contributed by atoms with van der Waals surface area (Å²) in [5.74, 6) is 0.711. The van der Waals surface area contributed by atoms with Crippen molar-refractivity contribution < 1.29 is 9.47 Å². The molecule has 0 radical (unpaired) electrons. The molecule has 0 bridgehead atoms. The van der Waals surface area contributed by atoms with Gasteiger partial charge in [0.25, 0.3) is 0 Å². The van der Waals surface area contributed by atoms with Crippen LogP contribution >= 0.6 is 0 Å². The Kier molecular flexibility index (Phi) is 1.91. The Bertz CT molecular complexity index is 102. The Morgan fingerprint density at radius 3 is 2.80 bits per heavy atom. The highest BCUT2D eigenvalue weighted by Crippen LogP contribution is 2.29. The summed E-state index contributed by atoms with van der Waals surface area (Å²) in [4.78, 5) is 0. The zero-order valence-corrected chi connectivity index (χ0v) is 6.21. The molecule has 0 spiro atoms. The molecule has 0 saturated carbocycles. The van der Waals surface area contributed by atoms with Gasteiger partial charge in [0.1, 0.15) is 0 Å². The molecule has 0 amide bonds. The predicted molar refractivity (Wildman–Crippen MR) is 37.7 cm³/mol. The summed E-state index contributed by atoms with van der Waals surface area (Å²) in [5, 5.41) is 0. The van der Waals surface area contributed by atoms with Crippen LogP contribution in [0.4, 0.5) is 0 Å². The molecular formula is C8H14O2. The van der Waals surface area contributed by atoms with Crippen molar-refractivity contribution in [3.8, 4) is 0 Å². The van der Waals surface area contributed by atoms with Gasteiger partial charge in [0, 0.05) is 12.5 Å². The van der Waals surface area contributed by atoms with Crippen LogP contribution < -0.4 is 0 Å². The first-order valence-corrected chi connectivity index (χ1v) is 4.20. The maximum atomic E-state index is 5.50. The second-order valence-electron chi connectivity index (χ2n) is 3.15. The molecule has 2 unspecified atom stereocenters. The molecule has 0 N–H and O–H groups in total.